The average molecular weight is 379 g/mol. The van der Waals surface area contributed by atoms with Crippen molar-refractivity contribution >= 4 is 34.7 Å². The number of carbonyl (C=O) groups is 1. The number of anilines is 1. The second-order valence-corrected chi connectivity index (χ2v) is 6.36. The Balaban J connectivity index is 1.93. The van der Waals surface area contributed by atoms with E-state index in [-0.39, 0.29) is 23.3 Å². The molecule has 0 fully saturated rings. The number of halogens is 2. The second kappa shape index (κ2) is 7.65. The first kappa shape index (κ1) is 18.1. The maximum Gasteiger partial charge on any atom is 0.302 e. The number of aryl methyl sites for hydroxylation is 1. The highest BCUT2D eigenvalue weighted by atomic mass is 32.2. The predicted octanol–water partition coefficient (Wildman–Crippen LogP) is 2.79. The van der Waals surface area contributed by atoms with Crippen molar-refractivity contribution in [3.8, 4) is 0 Å². The molecule has 2 N–H and O–H groups in total. The molecule has 1 aromatic carbocycles. The molecule has 2 heterocycles. The summed E-state index contributed by atoms with van der Waals surface area (Å²) >= 11 is 1.03. The molecule has 2 aromatic heterocycles. The summed E-state index contributed by atoms with van der Waals surface area (Å²) in [7, 11) is 0. The molecule has 0 saturated heterocycles. The van der Waals surface area contributed by atoms with Crippen LogP contribution in [0.2, 0.25) is 0 Å². The van der Waals surface area contributed by atoms with E-state index in [9.17, 15) is 13.6 Å². The number of ether oxygens (including phenoxy) is 1. The van der Waals surface area contributed by atoms with Crippen molar-refractivity contribution < 1.29 is 18.3 Å². The molecule has 0 atom stereocenters. The normalized spacial score (nSPS) is 11.0. The van der Waals surface area contributed by atoms with Gasteiger partial charge in [0.2, 0.25) is 0 Å². The van der Waals surface area contributed by atoms with Crippen molar-refractivity contribution in [2.75, 3.05) is 12.3 Å². The lowest BCUT2D eigenvalue weighted by Gasteiger charge is -2.09. The number of esters is 1. The summed E-state index contributed by atoms with van der Waals surface area (Å²) in [6.45, 7) is 1.98. The fraction of sp³-hybridized carbons (Fsp3) is 0.250. The molecule has 0 unspecified atom stereocenters. The van der Waals surface area contributed by atoms with Crippen molar-refractivity contribution in [1.82, 2.24) is 19.5 Å². The first-order valence-electron chi connectivity index (χ1n) is 7.68. The minimum Gasteiger partial charge on any atom is -0.466 e. The van der Waals surface area contributed by atoms with Crippen LogP contribution in [-0.4, -0.2) is 32.1 Å². The standard InChI is InChI=1S/C16H15F2N5O2S/c1-9(24)25-6-2-5-23-15-13(14(19)20-8-21-15)22-16(23)26-12-4-3-10(17)7-11(12)18/h3-4,7-8H,2,5-6H2,1H3,(H2,19,20,21). The number of nitrogen functional groups attached to an aromatic ring is 1. The maximum absolute atomic E-state index is 14.0. The highest BCUT2D eigenvalue weighted by molar-refractivity contribution is 7.99. The maximum atomic E-state index is 14.0. The Labute approximate surface area is 151 Å². The van der Waals surface area contributed by atoms with Gasteiger partial charge < -0.3 is 15.0 Å². The summed E-state index contributed by atoms with van der Waals surface area (Å²) in [4.78, 5) is 23.6. The van der Waals surface area contributed by atoms with Gasteiger partial charge in [0.05, 0.1) is 11.5 Å². The SMILES string of the molecule is CC(=O)OCCCn1c(Sc2ccc(F)cc2F)nc2c(N)ncnc21. The van der Waals surface area contributed by atoms with Crippen molar-refractivity contribution in [3.05, 3.63) is 36.2 Å². The van der Waals surface area contributed by atoms with Crippen LogP contribution in [0.3, 0.4) is 0 Å². The Kier molecular flexibility index (Phi) is 5.31. The first-order chi connectivity index (χ1) is 12.5. The minimum absolute atomic E-state index is 0.204. The summed E-state index contributed by atoms with van der Waals surface area (Å²) in [5, 5.41) is 0.431. The zero-order chi connectivity index (χ0) is 18.7. The van der Waals surface area contributed by atoms with E-state index in [0.717, 1.165) is 17.8 Å². The lowest BCUT2D eigenvalue weighted by molar-refractivity contribution is -0.141. The van der Waals surface area contributed by atoms with Gasteiger partial charge in [-0.25, -0.2) is 23.7 Å². The predicted molar refractivity (Wildman–Crippen MR) is 91.5 cm³/mol. The summed E-state index contributed by atoms with van der Waals surface area (Å²) in [5.74, 6) is -1.50. The first-order valence-corrected chi connectivity index (χ1v) is 8.50. The van der Waals surface area contributed by atoms with E-state index >= 15 is 0 Å². The van der Waals surface area contributed by atoms with Gasteiger partial charge in [-0.3, -0.25) is 4.79 Å². The molecule has 0 aliphatic rings. The number of hydrogen-bond donors (Lipinski definition) is 1. The molecule has 0 radical (unpaired) electrons. The van der Waals surface area contributed by atoms with E-state index in [1.807, 2.05) is 0 Å². The van der Waals surface area contributed by atoms with Crippen molar-refractivity contribution in [2.45, 2.75) is 29.9 Å². The van der Waals surface area contributed by atoms with Gasteiger partial charge in [-0.2, -0.15) is 0 Å². The van der Waals surface area contributed by atoms with Gasteiger partial charge in [-0.05, 0) is 30.3 Å². The Hall–Kier alpha value is -2.75. The fourth-order valence-corrected chi connectivity index (χ4v) is 3.22. The molecule has 7 nitrogen and oxygen atoms in total. The van der Waals surface area contributed by atoms with Crippen molar-refractivity contribution in [3.63, 3.8) is 0 Å². The Bertz CT molecular complexity index is 963. The Morgan fingerprint density at radius 2 is 2.15 bits per heavy atom. The molecule has 0 spiro atoms. The van der Waals surface area contributed by atoms with E-state index in [0.29, 0.717) is 29.3 Å². The summed E-state index contributed by atoms with van der Waals surface area (Å²) < 4.78 is 33.8. The summed E-state index contributed by atoms with van der Waals surface area (Å²) in [6.07, 6.45) is 1.82. The molecule has 26 heavy (non-hydrogen) atoms. The van der Waals surface area contributed by atoms with Gasteiger partial charge in [0.25, 0.3) is 0 Å². The van der Waals surface area contributed by atoms with E-state index in [2.05, 4.69) is 15.0 Å². The largest absolute Gasteiger partial charge is 0.466 e. The van der Waals surface area contributed by atoms with Crippen LogP contribution >= 0.6 is 11.8 Å². The zero-order valence-corrected chi connectivity index (χ0v) is 14.6. The quantitative estimate of drug-likeness (QED) is 0.520. The van der Waals surface area contributed by atoms with E-state index < -0.39 is 11.6 Å². The van der Waals surface area contributed by atoms with Crippen LogP contribution in [0.4, 0.5) is 14.6 Å². The third kappa shape index (κ3) is 3.90. The van der Waals surface area contributed by atoms with Gasteiger partial charge in [0.15, 0.2) is 22.1 Å². The number of carbonyl (C=O) groups excluding carboxylic acids is 1. The molecule has 0 saturated carbocycles. The molecule has 136 valence electrons. The number of nitrogens with two attached hydrogens (primary N) is 1. The third-order valence-electron chi connectivity index (χ3n) is 3.45. The Morgan fingerprint density at radius 3 is 2.88 bits per heavy atom. The number of benzene rings is 1. The van der Waals surface area contributed by atoms with Crippen LogP contribution in [0, 0.1) is 11.6 Å². The topological polar surface area (TPSA) is 95.9 Å². The number of nitrogens with zero attached hydrogens (tertiary/aromatic N) is 4. The van der Waals surface area contributed by atoms with Crippen LogP contribution in [-0.2, 0) is 16.1 Å². The number of fused-ring (bicyclic) bond motifs is 1. The van der Waals surface area contributed by atoms with E-state index in [1.54, 1.807) is 4.57 Å². The molecule has 0 amide bonds. The lowest BCUT2D eigenvalue weighted by atomic mass is 10.3. The molecule has 3 aromatic rings. The van der Waals surface area contributed by atoms with Gasteiger partial charge in [-0.15, -0.1) is 0 Å². The second-order valence-electron chi connectivity index (χ2n) is 5.35. The summed E-state index contributed by atoms with van der Waals surface area (Å²) in [6, 6.07) is 3.32. The van der Waals surface area contributed by atoms with E-state index in [1.165, 1.54) is 25.4 Å². The monoisotopic (exact) mass is 379 g/mol. The smallest absolute Gasteiger partial charge is 0.302 e. The molecule has 3 rings (SSSR count). The van der Waals surface area contributed by atoms with Gasteiger partial charge in [0.1, 0.15) is 18.0 Å². The van der Waals surface area contributed by atoms with Crippen LogP contribution in [0.25, 0.3) is 11.2 Å². The highest BCUT2D eigenvalue weighted by Crippen LogP contribution is 2.32. The molecule has 10 heteroatoms. The molecule has 0 bridgehead atoms. The zero-order valence-electron chi connectivity index (χ0n) is 13.8. The Morgan fingerprint density at radius 1 is 1.35 bits per heavy atom. The van der Waals surface area contributed by atoms with Crippen molar-refractivity contribution in [2.24, 2.45) is 0 Å². The van der Waals surface area contributed by atoms with Crippen LogP contribution < -0.4 is 5.73 Å². The van der Waals surface area contributed by atoms with Crippen LogP contribution in [0.15, 0.2) is 34.6 Å². The molecular formula is C16H15F2N5O2S. The minimum atomic E-state index is -0.687. The molecule has 0 aliphatic heterocycles. The summed E-state index contributed by atoms with van der Waals surface area (Å²) in [5.41, 5.74) is 6.73. The highest BCUT2D eigenvalue weighted by Gasteiger charge is 2.17. The number of aromatic nitrogens is 4. The van der Waals surface area contributed by atoms with Crippen molar-refractivity contribution in [1.29, 1.82) is 0 Å². The molecular weight excluding hydrogens is 364 g/mol. The van der Waals surface area contributed by atoms with Gasteiger partial charge in [-0.1, -0.05) is 0 Å². The number of imidazole rings is 1. The van der Waals surface area contributed by atoms with Crippen LogP contribution in [0.5, 0.6) is 0 Å². The fourth-order valence-electron chi connectivity index (χ4n) is 2.31. The third-order valence-corrected chi connectivity index (χ3v) is 4.50. The molecule has 0 aliphatic carbocycles. The lowest BCUT2D eigenvalue weighted by Crippen LogP contribution is -2.07. The van der Waals surface area contributed by atoms with Gasteiger partial charge >= 0.3 is 5.97 Å². The average Bonchev–Trinajstić information content (AvgIpc) is 2.93. The van der Waals surface area contributed by atoms with E-state index in [4.69, 9.17) is 10.5 Å². The van der Waals surface area contributed by atoms with Gasteiger partial charge in [0, 0.05) is 19.5 Å². The van der Waals surface area contributed by atoms with Crippen LogP contribution in [0.1, 0.15) is 13.3 Å². The number of hydrogen-bond acceptors (Lipinski definition) is 7. The number of rotatable bonds is 6.